The maximum absolute atomic E-state index is 13.7. The van der Waals surface area contributed by atoms with E-state index in [-0.39, 0.29) is 67.3 Å². The van der Waals surface area contributed by atoms with Gasteiger partial charge in [-0.15, -0.1) is 0 Å². The normalized spacial score (nSPS) is 32.3. The zero-order valence-electron chi connectivity index (χ0n) is 25.3. The van der Waals surface area contributed by atoms with Crippen LogP contribution in [0.3, 0.4) is 0 Å². The maximum atomic E-state index is 13.7. The van der Waals surface area contributed by atoms with Gasteiger partial charge in [0.2, 0.25) is 11.8 Å². The fourth-order valence-electron chi connectivity index (χ4n) is 8.78. The Hall–Kier alpha value is -2.26. The highest BCUT2D eigenvalue weighted by atomic mass is 19.3. The Balaban J connectivity index is 1.12. The molecule has 6 rings (SSSR count). The lowest BCUT2D eigenvalue weighted by Gasteiger charge is -2.49. The number of urea groups is 1. The number of fused-ring (bicyclic) bond motifs is 2. The van der Waals surface area contributed by atoms with Gasteiger partial charge in [-0.05, 0) is 77.2 Å². The molecule has 7 nitrogen and oxygen atoms in total. The second kappa shape index (κ2) is 12.0. The van der Waals surface area contributed by atoms with Crippen LogP contribution in [-0.2, 0) is 9.53 Å². The number of hydrogen-bond acceptors (Lipinski definition) is 4. The van der Waals surface area contributed by atoms with E-state index >= 15 is 0 Å². The van der Waals surface area contributed by atoms with Gasteiger partial charge in [-0.3, -0.25) is 9.69 Å². The van der Waals surface area contributed by atoms with Crippen LogP contribution in [0.2, 0.25) is 0 Å². The van der Waals surface area contributed by atoms with Gasteiger partial charge in [0, 0.05) is 63.1 Å². The first-order valence-electron chi connectivity index (χ1n) is 16.3. The number of nitrogens with zero attached hydrogens (tertiary/aromatic N) is 3. The fraction of sp³-hybridized carbons (Fsp3) is 0.758. The van der Waals surface area contributed by atoms with E-state index in [0.29, 0.717) is 18.6 Å². The van der Waals surface area contributed by atoms with E-state index in [1.807, 2.05) is 30.3 Å². The second-order valence-electron chi connectivity index (χ2n) is 13.9. The Morgan fingerprint density at radius 2 is 1.74 bits per heavy atom. The molecule has 3 amide bonds. The van der Waals surface area contributed by atoms with E-state index in [4.69, 9.17) is 4.74 Å². The number of rotatable bonds is 9. The molecule has 5 aliphatic rings. The molecule has 4 aliphatic heterocycles. The first-order chi connectivity index (χ1) is 20.1. The molecule has 4 heterocycles. The highest BCUT2D eigenvalue weighted by Crippen LogP contribution is 2.48. The summed E-state index contributed by atoms with van der Waals surface area (Å²) in [4.78, 5) is 33.8. The molecule has 0 radical (unpaired) electrons. The van der Waals surface area contributed by atoms with Crippen LogP contribution in [-0.4, -0.2) is 88.6 Å². The van der Waals surface area contributed by atoms with Crippen molar-refractivity contribution in [3.05, 3.63) is 35.9 Å². The predicted molar refractivity (Wildman–Crippen MR) is 157 cm³/mol. The molecule has 9 heteroatoms. The number of alkyl halides is 2. The van der Waals surface area contributed by atoms with Crippen LogP contribution in [0, 0.1) is 5.92 Å². The van der Waals surface area contributed by atoms with E-state index in [1.165, 1.54) is 0 Å². The van der Waals surface area contributed by atoms with Crippen molar-refractivity contribution >= 4 is 11.9 Å². The summed E-state index contributed by atoms with van der Waals surface area (Å²) < 4.78 is 33.3. The van der Waals surface area contributed by atoms with E-state index in [1.54, 1.807) is 0 Å². The number of amides is 3. The van der Waals surface area contributed by atoms with Crippen LogP contribution < -0.4 is 5.32 Å². The molecule has 42 heavy (non-hydrogen) atoms. The molecule has 1 saturated carbocycles. The van der Waals surface area contributed by atoms with Gasteiger partial charge >= 0.3 is 6.03 Å². The summed E-state index contributed by atoms with van der Waals surface area (Å²) in [5.41, 5.74) is 0.924. The van der Waals surface area contributed by atoms with Gasteiger partial charge in [0.15, 0.2) is 0 Å². The monoisotopic (exact) mass is 586 g/mol. The standard InChI is InChI=1S/C33H48F2N4O3/c1-23(2)39-31(41)37(21-28-9-6-18-42-28)22-32(39)19-26-10-11-27(20-32)38(26)17-14-29(24-7-4-3-5-8-24)36-30(40)25-12-15-33(34,35)16-13-25/h3-5,7-8,23,25-29H,6,9-22H2,1-2H3,(H,36,40)/t26-,27?,28?,29+,32?/m1/s1. The summed E-state index contributed by atoms with van der Waals surface area (Å²) in [6.07, 6.45) is 7.34. The molecule has 0 aromatic heterocycles. The van der Waals surface area contributed by atoms with Crippen molar-refractivity contribution in [1.82, 2.24) is 20.0 Å². The van der Waals surface area contributed by atoms with Gasteiger partial charge in [-0.25, -0.2) is 13.6 Å². The first-order valence-corrected chi connectivity index (χ1v) is 16.3. The number of nitrogens with one attached hydrogen (secondary N) is 1. The van der Waals surface area contributed by atoms with Gasteiger partial charge in [0.1, 0.15) is 0 Å². The lowest BCUT2D eigenvalue weighted by molar-refractivity contribution is -0.130. The number of piperidine rings is 1. The fourth-order valence-corrected chi connectivity index (χ4v) is 8.78. The van der Waals surface area contributed by atoms with E-state index in [9.17, 15) is 18.4 Å². The number of benzene rings is 1. The number of halogens is 2. The average Bonchev–Trinajstić information content (AvgIpc) is 3.63. The number of ether oxygens (including phenoxy) is 1. The minimum absolute atomic E-state index is 0.0942. The molecule has 1 spiro atoms. The lowest BCUT2D eigenvalue weighted by atomic mass is 9.81. The molecule has 1 N–H and O–H groups in total. The SMILES string of the molecule is CC(C)N1C(=O)N(CC2CCCO2)CC12CC1CC[C@H](C2)N1CC[C@H](NC(=O)C1CCC(F)(F)CC1)c1ccccc1. The Bertz CT molecular complexity index is 1090. The molecular weight excluding hydrogens is 538 g/mol. The van der Waals surface area contributed by atoms with Crippen molar-refractivity contribution in [3.8, 4) is 0 Å². The molecule has 2 bridgehead atoms. The van der Waals surface area contributed by atoms with Crippen LogP contribution in [0.15, 0.2) is 30.3 Å². The number of carbonyl (C=O) groups excluding carboxylic acids is 2. The van der Waals surface area contributed by atoms with Crippen molar-refractivity contribution in [3.63, 3.8) is 0 Å². The number of carbonyl (C=O) groups is 2. The topological polar surface area (TPSA) is 65.1 Å². The van der Waals surface area contributed by atoms with E-state index in [2.05, 4.69) is 33.9 Å². The summed E-state index contributed by atoms with van der Waals surface area (Å²) in [5, 5.41) is 3.25. The molecule has 4 saturated heterocycles. The molecular formula is C33H48F2N4O3. The van der Waals surface area contributed by atoms with Gasteiger partial charge in [-0.2, -0.15) is 0 Å². The van der Waals surface area contributed by atoms with E-state index in [0.717, 1.165) is 70.2 Å². The third-order valence-corrected chi connectivity index (χ3v) is 10.7. The van der Waals surface area contributed by atoms with Crippen LogP contribution in [0.4, 0.5) is 13.6 Å². The summed E-state index contributed by atoms with van der Waals surface area (Å²) in [6.45, 7) is 7.43. The molecule has 5 atom stereocenters. The molecule has 5 fully saturated rings. The highest BCUT2D eigenvalue weighted by Gasteiger charge is 2.58. The van der Waals surface area contributed by atoms with Crippen LogP contribution >= 0.6 is 0 Å². The lowest BCUT2D eigenvalue weighted by Crippen LogP contribution is -2.60. The third-order valence-electron chi connectivity index (χ3n) is 10.7. The van der Waals surface area contributed by atoms with Crippen LogP contribution in [0.5, 0.6) is 0 Å². The van der Waals surface area contributed by atoms with Gasteiger partial charge < -0.3 is 19.9 Å². The van der Waals surface area contributed by atoms with Gasteiger partial charge in [-0.1, -0.05) is 30.3 Å². The largest absolute Gasteiger partial charge is 0.376 e. The van der Waals surface area contributed by atoms with Crippen molar-refractivity contribution in [2.24, 2.45) is 5.92 Å². The summed E-state index contributed by atoms with van der Waals surface area (Å²) in [5.74, 6) is -3.08. The van der Waals surface area contributed by atoms with Gasteiger partial charge in [0.05, 0.1) is 17.7 Å². The van der Waals surface area contributed by atoms with Crippen molar-refractivity contribution < 1.29 is 23.1 Å². The first kappa shape index (κ1) is 29.8. The minimum Gasteiger partial charge on any atom is -0.376 e. The number of hydrogen-bond donors (Lipinski definition) is 1. The zero-order chi connectivity index (χ0) is 29.5. The summed E-state index contributed by atoms with van der Waals surface area (Å²) in [6, 6.07) is 11.0. The summed E-state index contributed by atoms with van der Waals surface area (Å²) in [7, 11) is 0. The van der Waals surface area contributed by atoms with Crippen LogP contribution in [0.25, 0.3) is 0 Å². The summed E-state index contributed by atoms with van der Waals surface area (Å²) >= 11 is 0. The van der Waals surface area contributed by atoms with Crippen molar-refractivity contribution in [1.29, 1.82) is 0 Å². The molecule has 1 aromatic carbocycles. The Labute approximate surface area is 249 Å². The second-order valence-corrected chi connectivity index (χ2v) is 13.9. The quantitative estimate of drug-likeness (QED) is 0.400. The molecule has 1 aliphatic carbocycles. The molecule has 232 valence electrons. The maximum Gasteiger partial charge on any atom is 0.320 e. The Kier molecular flexibility index (Phi) is 8.53. The smallest absolute Gasteiger partial charge is 0.320 e. The third kappa shape index (κ3) is 6.05. The Morgan fingerprint density at radius 3 is 2.36 bits per heavy atom. The molecule has 3 unspecified atom stereocenters. The highest BCUT2D eigenvalue weighted by molar-refractivity contribution is 5.79. The minimum atomic E-state index is -2.64. The van der Waals surface area contributed by atoms with Crippen molar-refractivity contribution in [2.75, 3.05) is 26.2 Å². The van der Waals surface area contributed by atoms with Crippen LogP contribution in [0.1, 0.15) is 96.1 Å². The average molecular weight is 587 g/mol. The predicted octanol–water partition coefficient (Wildman–Crippen LogP) is 5.75. The molecule has 1 aromatic rings. The Morgan fingerprint density at radius 1 is 1.05 bits per heavy atom. The van der Waals surface area contributed by atoms with Gasteiger partial charge in [0.25, 0.3) is 0 Å². The van der Waals surface area contributed by atoms with Crippen molar-refractivity contribution in [2.45, 2.75) is 126 Å². The van der Waals surface area contributed by atoms with E-state index < -0.39 is 5.92 Å². The zero-order valence-corrected chi connectivity index (χ0v) is 25.3.